The molecule has 0 unspecified atom stereocenters. The Hall–Kier alpha value is -0.550. The Morgan fingerprint density at radius 2 is 1.85 bits per heavy atom. The molecule has 0 saturated heterocycles. The van der Waals surface area contributed by atoms with Crippen molar-refractivity contribution in [2.45, 2.75) is 12.7 Å². The van der Waals surface area contributed by atoms with Gasteiger partial charge in [0.05, 0.1) is 12.1 Å². The van der Waals surface area contributed by atoms with Gasteiger partial charge in [0.1, 0.15) is 0 Å². The predicted octanol–water partition coefficient (Wildman–Crippen LogP) is -1.55. The van der Waals surface area contributed by atoms with E-state index in [1.807, 2.05) is 0 Å². The minimum atomic E-state index is -4.24. The zero-order chi connectivity index (χ0) is 9.19. The highest BCUT2D eigenvalue weighted by Crippen LogP contribution is 2.29. The maximum atomic E-state index is 12.1. The number of hydrogen-bond acceptors (Lipinski definition) is 0. The molecule has 0 heterocycles. The fraction of sp³-hybridized carbons (Fsp3) is 0.250. The highest BCUT2D eigenvalue weighted by Gasteiger charge is 2.30. The summed E-state index contributed by atoms with van der Waals surface area (Å²) in [5, 5.41) is 0. The predicted molar refractivity (Wildman–Crippen MR) is 38.0 cm³/mol. The van der Waals surface area contributed by atoms with Crippen molar-refractivity contribution in [2.24, 2.45) is 0 Å². The Balaban J connectivity index is 0.00000144. The van der Waals surface area contributed by atoms with Gasteiger partial charge in [-0.3, -0.25) is 0 Å². The van der Waals surface area contributed by atoms with Gasteiger partial charge in [-0.2, -0.15) is 13.2 Å². The molecule has 0 spiro atoms. The topological polar surface area (TPSA) is 27.6 Å². The van der Waals surface area contributed by atoms with Crippen molar-refractivity contribution in [3.63, 3.8) is 0 Å². The largest absolute Gasteiger partial charge is 1.00 e. The Labute approximate surface area is 84.5 Å². The summed E-state index contributed by atoms with van der Waals surface area (Å²) in [6.45, 7) is 0.379. The second-order valence-electron chi connectivity index (χ2n) is 2.45. The van der Waals surface area contributed by atoms with E-state index in [-0.39, 0.29) is 17.0 Å². The lowest BCUT2D eigenvalue weighted by molar-refractivity contribution is -0.386. The van der Waals surface area contributed by atoms with Crippen LogP contribution in [0.15, 0.2) is 24.3 Å². The molecule has 0 aromatic heterocycles. The highest BCUT2D eigenvalue weighted by molar-refractivity contribution is 5.24. The number of hydrogen-bond donors (Lipinski definition) is 1. The summed E-state index contributed by atoms with van der Waals surface area (Å²) in [5.74, 6) is 0. The van der Waals surface area contributed by atoms with E-state index >= 15 is 0 Å². The summed E-state index contributed by atoms with van der Waals surface area (Å²) >= 11 is 0. The molecule has 0 aliphatic carbocycles. The fourth-order valence-corrected chi connectivity index (χ4v) is 0.903. The average molecular weight is 256 g/mol. The first kappa shape index (κ1) is 12.4. The number of quaternary nitrogens is 1. The van der Waals surface area contributed by atoms with Crippen molar-refractivity contribution >= 4 is 0 Å². The molecule has 5 heteroatoms. The van der Waals surface area contributed by atoms with Crippen LogP contribution < -0.4 is 22.7 Å². The minimum absolute atomic E-state index is 0. The van der Waals surface area contributed by atoms with Crippen LogP contribution in [0.25, 0.3) is 0 Å². The Kier molecular flexibility index (Phi) is 4.43. The zero-order valence-corrected chi connectivity index (χ0v) is 8.32. The number of alkyl halides is 3. The molecule has 0 saturated carbocycles. The number of rotatable bonds is 1. The zero-order valence-electron chi connectivity index (χ0n) is 6.74. The van der Waals surface area contributed by atoms with Gasteiger partial charge in [-0.15, -0.1) is 0 Å². The number of halogens is 4. The van der Waals surface area contributed by atoms with Crippen molar-refractivity contribution in [3.05, 3.63) is 35.4 Å². The van der Waals surface area contributed by atoms with E-state index in [1.165, 1.54) is 6.07 Å². The van der Waals surface area contributed by atoms with Gasteiger partial charge in [-0.05, 0) is 12.1 Å². The molecule has 0 aliphatic heterocycles. The van der Waals surface area contributed by atoms with Crippen molar-refractivity contribution in [1.82, 2.24) is 0 Å². The smallest absolute Gasteiger partial charge is 0.416 e. The fourth-order valence-electron chi connectivity index (χ4n) is 0.903. The van der Waals surface area contributed by atoms with Crippen LogP contribution in [0, 0.1) is 0 Å². The van der Waals surface area contributed by atoms with E-state index in [2.05, 4.69) is 5.73 Å². The summed E-state index contributed by atoms with van der Waals surface area (Å²) in [6.07, 6.45) is -4.24. The second kappa shape index (κ2) is 4.62. The normalized spacial score (nSPS) is 10.8. The minimum Gasteiger partial charge on any atom is -1.00 e. The highest BCUT2D eigenvalue weighted by atomic mass is 79.9. The molecule has 13 heavy (non-hydrogen) atoms. The van der Waals surface area contributed by atoms with Crippen LogP contribution in [0.3, 0.4) is 0 Å². The van der Waals surface area contributed by atoms with Crippen molar-refractivity contribution in [2.75, 3.05) is 0 Å². The average Bonchev–Trinajstić information content (AvgIpc) is 2.03. The molecule has 0 fully saturated rings. The molecule has 1 nitrogen and oxygen atoms in total. The quantitative estimate of drug-likeness (QED) is 0.630. The van der Waals surface area contributed by atoms with Gasteiger partial charge in [0, 0.05) is 5.56 Å². The van der Waals surface area contributed by atoms with Gasteiger partial charge in [-0.1, -0.05) is 12.1 Å². The maximum Gasteiger partial charge on any atom is 0.416 e. The van der Waals surface area contributed by atoms with E-state index < -0.39 is 11.7 Å². The van der Waals surface area contributed by atoms with Gasteiger partial charge in [0.25, 0.3) is 0 Å². The molecule has 0 radical (unpaired) electrons. The van der Waals surface area contributed by atoms with Crippen LogP contribution in [-0.4, -0.2) is 0 Å². The van der Waals surface area contributed by atoms with Crippen molar-refractivity contribution in [1.29, 1.82) is 0 Å². The molecular formula is C8H9BrF3N. The van der Waals surface area contributed by atoms with Crippen LogP contribution in [0.4, 0.5) is 13.2 Å². The van der Waals surface area contributed by atoms with Gasteiger partial charge < -0.3 is 22.7 Å². The lowest BCUT2D eigenvalue weighted by Gasteiger charge is -2.06. The number of benzene rings is 1. The van der Waals surface area contributed by atoms with E-state index in [1.54, 1.807) is 6.07 Å². The summed E-state index contributed by atoms with van der Waals surface area (Å²) < 4.78 is 36.3. The third kappa shape index (κ3) is 3.36. The van der Waals surface area contributed by atoms with Crippen LogP contribution >= 0.6 is 0 Å². The monoisotopic (exact) mass is 255 g/mol. The molecule has 0 bridgehead atoms. The summed E-state index contributed by atoms with van der Waals surface area (Å²) in [4.78, 5) is 0. The molecule has 3 N–H and O–H groups in total. The van der Waals surface area contributed by atoms with Crippen LogP contribution in [0.2, 0.25) is 0 Å². The Bertz CT molecular complexity index is 272. The standard InChI is InChI=1S/C8H8F3N.BrH/c9-8(10,11)7-3-1-2-6(4-7)5-12;/h1-4H,5,12H2;1H. The van der Waals surface area contributed by atoms with Gasteiger partial charge >= 0.3 is 6.18 Å². The maximum absolute atomic E-state index is 12.1. The van der Waals surface area contributed by atoms with Gasteiger partial charge in [-0.25, -0.2) is 0 Å². The molecule has 0 amide bonds. The first-order chi connectivity index (χ1) is 5.54. The summed E-state index contributed by atoms with van der Waals surface area (Å²) in [5.41, 5.74) is 3.51. The van der Waals surface area contributed by atoms with E-state index in [0.717, 1.165) is 12.1 Å². The SMILES string of the molecule is [Br-].[NH3+]Cc1cccc(C(F)(F)F)c1. The first-order valence-electron chi connectivity index (χ1n) is 3.49. The molecule has 0 aliphatic rings. The molecule has 1 aromatic carbocycles. The third-order valence-electron chi connectivity index (χ3n) is 1.54. The lowest BCUT2D eigenvalue weighted by atomic mass is 10.1. The van der Waals surface area contributed by atoms with E-state index in [0.29, 0.717) is 12.1 Å². The van der Waals surface area contributed by atoms with Crippen molar-refractivity contribution < 1.29 is 35.9 Å². The molecular weight excluding hydrogens is 247 g/mol. The Morgan fingerprint density at radius 3 is 2.31 bits per heavy atom. The molecule has 1 aromatic rings. The van der Waals surface area contributed by atoms with Crippen LogP contribution in [0.5, 0.6) is 0 Å². The summed E-state index contributed by atoms with van der Waals surface area (Å²) in [7, 11) is 0. The Morgan fingerprint density at radius 1 is 1.23 bits per heavy atom. The molecule has 0 atom stereocenters. The second-order valence-corrected chi connectivity index (χ2v) is 2.45. The lowest BCUT2D eigenvalue weighted by Crippen LogP contribution is -3.00. The summed E-state index contributed by atoms with van der Waals surface area (Å²) in [6, 6.07) is 5.19. The third-order valence-corrected chi connectivity index (χ3v) is 1.54. The first-order valence-corrected chi connectivity index (χ1v) is 3.49. The van der Waals surface area contributed by atoms with E-state index in [4.69, 9.17) is 0 Å². The van der Waals surface area contributed by atoms with Gasteiger partial charge in [0.2, 0.25) is 0 Å². The van der Waals surface area contributed by atoms with Crippen LogP contribution in [0.1, 0.15) is 11.1 Å². The van der Waals surface area contributed by atoms with Crippen LogP contribution in [-0.2, 0) is 12.7 Å². The molecule has 1 rings (SSSR count). The molecule has 74 valence electrons. The van der Waals surface area contributed by atoms with E-state index in [9.17, 15) is 13.2 Å². The van der Waals surface area contributed by atoms with Gasteiger partial charge in [0.15, 0.2) is 0 Å². The van der Waals surface area contributed by atoms with Crippen molar-refractivity contribution in [3.8, 4) is 0 Å².